The lowest BCUT2D eigenvalue weighted by atomic mass is 9.88. The van der Waals surface area contributed by atoms with E-state index in [-0.39, 0.29) is 23.4 Å². The molecule has 2 N–H and O–H groups in total. The lowest BCUT2D eigenvalue weighted by molar-refractivity contribution is 0.0928. The van der Waals surface area contributed by atoms with Gasteiger partial charge in [0.25, 0.3) is 0 Å². The summed E-state index contributed by atoms with van der Waals surface area (Å²) in [6.07, 6.45) is 13.0. The minimum Gasteiger partial charge on any atom is -0.460 e. The fourth-order valence-corrected chi connectivity index (χ4v) is 4.09. The van der Waals surface area contributed by atoms with Gasteiger partial charge in [0.05, 0.1) is 0 Å². The number of ether oxygens (including phenoxy) is 1. The number of aromatic nitrogens is 3. The maximum absolute atomic E-state index is 12.3. The number of pyridine rings is 1. The first kappa shape index (κ1) is 17.1. The molecule has 1 saturated carbocycles. The van der Waals surface area contributed by atoms with Crippen LogP contribution in [-0.4, -0.2) is 20.6 Å². The van der Waals surface area contributed by atoms with Crippen molar-refractivity contribution in [2.24, 2.45) is 11.8 Å². The van der Waals surface area contributed by atoms with Gasteiger partial charge in [-0.3, -0.25) is 4.79 Å². The van der Waals surface area contributed by atoms with E-state index in [0.29, 0.717) is 22.9 Å². The maximum Gasteiger partial charge on any atom is 0.320 e. The van der Waals surface area contributed by atoms with E-state index in [1.807, 2.05) is 10.8 Å². The number of fused-ring (bicyclic) bond motifs is 1. The topological polar surface area (TPSA) is 83.0 Å². The first-order valence-electron chi connectivity index (χ1n) is 9.60. The van der Waals surface area contributed by atoms with Crippen molar-refractivity contribution in [3.05, 3.63) is 34.6 Å². The van der Waals surface area contributed by atoms with Gasteiger partial charge in [-0.15, -0.1) is 0 Å². The second-order valence-corrected chi connectivity index (χ2v) is 7.65. The zero-order valence-corrected chi connectivity index (χ0v) is 15.2. The van der Waals surface area contributed by atoms with Crippen LogP contribution in [-0.2, 0) is 6.54 Å². The average molecular weight is 354 g/mol. The number of nitrogen functional groups attached to an aromatic ring is 1. The third kappa shape index (κ3) is 3.32. The molecule has 0 aromatic carbocycles. The van der Waals surface area contributed by atoms with E-state index in [0.717, 1.165) is 38.6 Å². The number of nitrogens with zero attached hydrogens (tertiary/aromatic N) is 3. The molecule has 0 spiro atoms. The number of nitrogens with two attached hydrogens (primary N) is 1. The van der Waals surface area contributed by atoms with Crippen LogP contribution in [0.4, 0.5) is 5.82 Å². The molecule has 2 atom stereocenters. The van der Waals surface area contributed by atoms with Gasteiger partial charge in [-0.2, -0.15) is 9.97 Å². The van der Waals surface area contributed by atoms with Crippen LogP contribution in [0.5, 0.6) is 6.01 Å². The highest BCUT2D eigenvalue weighted by Gasteiger charge is 2.25. The van der Waals surface area contributed by atoms with Crippen molar-refractivity contribution >= 4 is 16.9 Å². The highest BCUT2D eigenvalue weighted by molar-refractivity contribution is 5.85. The molecule has 0 saturated heterocycles. The fourth-order valence-electron chi connectivity index (χ4n) is 4.09. The minimum absolute atomic E-state index is 0.114. The molecule has 2 aromatic rings. The predicted molar refractivity (Wildman–Crippen MR) is 102 cm³/mol. The Kier molecular flexibility index (Phi) is 4.66. The molecule has 2 aliphatic carbocycles. The van der Waals surface area contributed by atoms with Crippen LogP contribution in [0.1, 0.15) is 45.4 Å². The monoisotopic (exact) mass is 354 g/mol. The molecule has 0 unspecified atom stereocenters. The average Bonchev–Trinajstić information content (AvgIpc) is 3.12. The second-order valence-electron chi connectivity index (χ2n) is 7.65. The van der Waals surface area contributed by atoms with Crippen molar-refractivity contribution in [2.45, 2.75) is 58.1 Å². The standard InChI is InChI=1S/C20H26N4O2/c1-13-6-2-5-9-16(13)26-20-22-18(21)17-15(25)10-11-24(19(17)23-20)12-14-7-3-4-8-14/h3-4,10-11,13-14,16H,2,5-9,12H2,1H3,(H2,21,22,23)/t13-,16+/m0/s1. The van der Waals surface area contributed by atoms with Crippen molar-refractivity contribution in [3.63, 3.8) is 0 Å². The molecule has 26 heavy (non-hydrogen) atoms. The molecule has 2 aliphatic rings. The van der Waals surface area contributed by atoms with E-state index >= 15 is 0 Å². The highest BCUT2D eigenvalue weighted by Crippen LogP contribution is 2.28. The van der Waals surface area contributed by atoms with E-state index in [1.54, 1.807) is 6.07 Å². The number of hydrogen-bond acceptors (Lipinski definition) is 5. The quantitative estimate of drug-likeness (QED) is 0.852. The van der Waals surface area contributed by atoms with Crippen LogP contribution in [0.2, 0.25) is 0 Å². The molecule has 1 fully saturated rings. The maximum atomic E-state index is 12.3. The summed E-state index contributed by atoms with van der Waals surface area (Å²) in [6.45, 7) is 3.01. The number of hydrogen-bond donors (Lipinski definition) is 1. The van der Waals surface area contributed by atoms with Crippen LogP contribution in [0.25, 0.3) is 11.0 Å². The Bertz CT molecular complexity index is 881. The van der Waals surface area contributed by atoms with Crippen molar-refractivity contribution in [2.75, 3.05) is 5.73 Å². The molecule has 0 amide bonds. The summed E-state index contributed by atoms with van der Waals surface area (Å²) in [7, 11) is 0. The Morgan fingerprint density at radius 2 is 2.00 bits per heavy atom. The van der Waals surface area contributed by atoms with Gasteiger partial charge >= 0.3 is 6.01 Å². The van der Waals surface area contributed by atoms with E-state index in [2.05, 4.69) is 29.0 Å². The van der Waals surface area contributed by atoms with Crippen molar-refractivity contribution in [1.82, 2.24) is 14.5 Å². The zero-order chi connectivity index (χ0) is 18.1. The van der Waals surface area contributed by atoms with Crippen molar-refractivity contribution < 1.29 is 4.74 Å². The Labute approximate surface area is 153 Å². The third-order valence-electron chi connectivity index (χ3n) is 5.67. The van der Waals surface area contributed by atoms with Crippen LogP contribution >= 0.6 is 0 Å². The van der Waals surface area contributed by atoms with Gasteiger partial charge in [0, 0.05) is 18.8 Å². The largest absolute Gasteiger partial charge is 0.460 e. The normalized spacial score (nSPS) is 23.6. The molecular weight excluding hydrogens is 328 g/mol. The summed E-state index contributed by atoms with van der Waals surface area (Å²) in [5.74, 6) is 1.21. The summed E-state index contributed by atoms with van der Waals surface area (Å²) in [4.78, 5) is 21.2. The summed E-state index contributed by atoms with van der Waals surface area (Å²) in [5, 5.41) is 0.391. The van der Waals surface area contributed by atoms with Gasteiger partial charge in [0.15, 0.2) is 11.1 Å². The highest BCUT2D eigenvalue weighted by atomic mass is 16.5. The molecule has 0 aliphatic heterocycles. The van der Waals surface area contributed by atoms with Crippen LogP contribution in [0, 0.1) is 11.8 Å². The summed E-state index contributed by atoms with van der Waals surface area (Å²) < 4.78 is 8.11. The number of allylic oxidation sites excluding steroid dienone is 2. The van der Waals surface area contributed by atoms with Crippen LogP contribution < -0.4 is 15.9 Å². The molecular formula is C20H26N4O2. The SMILES string of the molecule is C[C@H]1CCCC[C@H]1Oc1nc(N)c2c(=O)ccn(CC3CC=CC3)c2n1. The first-order valence-corrected chi connectivity index (χ1v) is 9.60. The zero-order valence-electron chi connectivity index (χ0n) is 15.2. The van der Waals surface area contributed by atoms with E-state index < -0.39 is 0 Å². The number of anilines is 1. The van der Waals surface area contributed by atoms with Crippen molar-refractivity contribution in [1.29, 1.82) is 0 Å². The van der Waals surface area contributed by atoms with Gasteiger partial charge in [0.1, 0.15) is 17.3 Å². The fraction of sp³-hybridized carbons (Fsp3) is 0.550. The Balaban J connectivity index is 1.70. The van der Waals surface area contributed by atoms with E-state index in [4.69, 9.17) is 10.5 Å². The molecule has 4 rings (SSSR count). The first-order chi connectivity index (χ1) is 12.6. The summed E-state index contributed by atoms with van der Waals surface area (Å²) in [6, 6.07) is 1.84. The molecule has 2 aromatic heterocycles. The molecule has 0 bridgehead atoms. The molecule has 0 radical (unpaired) electrons. The molecule has 138 valence electrons. The van der Waals surface area contributed by atoms with Gasteiger partial charge in [-0.1, -0.05) is 25.5 Å². The molecule has 2 heterocycles. The van der Waals surface area contributed by atoms with E-state index in [9.17, 15) is 4.79 Å². The van der Waals surface area contributed by atoms with E-state index in [1.165, 1.54) is 6.42 Å². The minimum atomic E-state index is -0.143. The lowest BCUT2D eigenvalue weighted by Crippen LogP contribution is -2.29. The number of rotatable bonds is 4. The van der Waals surface area contributed by atoms with Gasteiger partial charge in [-0.05, 0) is 43.9 Å². The smallest absolute Gasteiger partial charge is 0.320 e. The Morgan fingerprint density at radius 1 is 1.23 bits per heavy atom. The Hall–Kier alpha value is -2.37. The van der Waals surface area contributed by atoms with Gasteiger partial charge in [0.2, 0.25) is 0 Å². The van der Waals surface area contributed by atoms with Crippen molar-refractivity contribution in [3.8, 4) is 6.01 Å². The lowest BCUT2D eigenvalue weighted by Gasteiger charge is -2.28. The van der Waals surface area contributed by atoms with Crippen LogP contribution in [0.3, 0.4) is 0 Å². The molecule has 6 nitrogen and oxygen atoms in total. The summed E-state index contributed by atoms with van der Waals surface area (Å²) in [5.41, 5.74) is 6.55. The predicted octanol–water partition coefficient (Wildman–Crippen LogP) is 3.30. The summed E-state index contributed by atoms with van der Waals surface area (Å²) >= 11 is 0. The van der Waals surface area contributed by atoms with Crippen LogP contribution in [0.15, 0.2) is 29.2 Å². The van der Waals surface area contributed by atoms with Gasteiger partial charge < -0.3 is 15.0 Å². The molecule has 6 heteroatoms. The third-order valence-corrected chi connectivity index (χ3v) is 5.67. The Morgan fingerprint density at radius 3 is 2.77 bits per heavy atom. The van der Waals surface area contributed by atoms with Gasteiger partial charge in [-0.25, -0.2) is 0 Å². The second kappa shape index (κ2) is 7.09.